The van der Waals surface area contributed by atoms with Gasteiger partial charge in [0.1, 0.15) is 5.82 Å². The van der Waals surface area contributed by atoms with Crippen molar-refractivity contribution in [1.29, 1.82) is 0 Å². The number of carboxylic acid groups (broad SMARTS) is 1. The number of halogens is 1. The molecule has 0 bridgehead atoms. The van der Waals surface area contributed by atoms with Gasteiger partial charge in [0.2, 0.25) is 5.91 Å². The number of carbonyl (C=O) groups excluding carboxylic acids is 1. The molecular formula is C27H27FN2O3. The van der Waals surface area contributed by atoms with E-state index in [1.807, 2.05) is 24.3 Å². The number of carboxylic acids is 1. The van der Waals surface area contributed by atoms with Gasteiger partial charge in [0.05, 0.1) is 11.1 Å². The number of para-hydroxylation sites is 2. The zero-order valence-corrected chi connectivity index (χ0v) is 18.4. The predicted molar refractivity (Wildman–Crippen MR) is 126 cm³/mol. The van der Waals surface area contributed by atoms with Crippen molar-refractivity contribution in [2.75, 3.05) is 18.0 Å². The van der Waals surface area contributed by atoms with Crippen LogP contribution in [-0.4, -0.2) is 35.0 Å². The number of likely N-dealkylation sites (tertiary alicyclic amines) is 1. The summed E-state index contributed by atoms with van der Waals surface area (Å²) in [7, 11) is 0. The topological polar surface area (TPSA) is 60.9 Å². The van der Waals surface area contributed by atoms with E-state index in [0.29, 0.717) is 31.6 Å². The highest BCUT2D eigenvalue weighted by Gasteiger charge is 2.44. The Balaban J connectivity index is 1.54. The van der Waals surface area contributed by atoms with Crippen molar-refractivity contribution >= 4 is 23.3 Å². The molecule has 0 aromatic heterocycles. The zero-order valence-electron chi connectivity index (χ0n) is 18.4. The smallest absolute Gasteiger partial charge is 0.310 e. The molecule has 170 valence electrons. The van der Waals surface area contributed by atoms with Crippen LogP contribution in [0.2, 0.25) is 0 Å². The first-order chi connectivity index (χ1) is 16.0. The molecule has 0 unspecified atom stereocenters. The SMILES string of the molecule is O=C(CC1(C(=O)O)CCN(Cc2ccccc2)CC1)N(c1ccccc1)c1ccccc1F. The molecule has 3 aromatic rings. The lowest BCUT2D eigenvalue weighted by molar-refractivity contribution is -0.154. The van der Waals surface area contributed by atoms with Crippen molar-refractivity contribution in [3.8, 4) is 0 Å². The Hall–Kier alpha value is -3.51. The van der Waals surface area contributed by atoms with E-state index < -0.39 is 23.1 Å². The Labute approximate surface area is 193 Å². The molecule has 0 spiro atoms. The van der Waals surface area contributed by atoms with Crippen LogP contribution < -0.4 is 4.90 Å². The number of benzene rings is 3. The summed E-state index contributed by atoms with van der Waals surface area (Å²) in [5.74, 6) is -1.93. The van der Waals surface area contributed by atoms with Crippen molar-refractivity contribution < 1.29 is 19.1 Å². The van der Waals surface area contributed by atoms with Gasteiger partial charge >= 0.3 is 5.97 Å². The minimum atomic E-state index is -1.18. The number of nitrogens with zero attached hydrogens (tertiary/aromatic N) is 2. The summed E-state index contributed by atoms with van der Waals surface area (Å²) >= 11 is 0. The van der Waals surface area contributed by atoms with E-state index in [-0.39, 0.29) is 12.1 Å². The second-order valence-corrected chi connectivity index (χ2v) is 8.54. The summed E-state index contributed by atoms with van der Waals surface area (Å²) in [5, 5.41) is 10.1. The fourth-order valence-corrected chi connectivity index (χ4v) is 4.44. The Kier molecular flexibility index (Phi) is 6.84. The predicted octanol–water partition coefficient (Wildman–Crippen LogP) is 5.25. The number of rotatable bonds is 7. The molecular weight excluding hydrogens is 419 g/mol. The zero-order chi connectivity index (χ0) is 23.3. The minimum Gasteiger partial charge on any atom is -0.481 e. The first-order valence-corrected chi connectivity index (χ1v) is 11.1. The summed E-state index contributed by atoms with van der Waals surface area (Å²) in [6, 6.07) is 24.9. The minimum absolute atomic E-state index is 0.121. The molecule has 4 rings (SSSR count). The lowest BCUT2D eigenvalue weighted by Crippen LogP contribution is -2.46. The average Bonchev–Trinajstić information content (AvgIpc) is 2.83. The Morgan fingerprint density at radius 2 is 1.45 bits per heavy atom. The lowest BCUT2D eigenvalue weighted by Gasteiger charge is -2.39. The van der Waals surface area contributed by atoms with Crippen molar-refractivity contribution in [1.82, 2.24) is 4.90 Å². The molecule has 1 fully saturated rings. The van der Waals surface area contributed by atoms with E-state index in [9.17, 15) is 19.1 Å². The van der Waals surface area contributed by atoms with Gasteiger partial charge in [0.15, 0.2) is 0 Å². The Morgan fingerprint density at radius 3 is 2.06 bits per heavy atom. The molecule has 0 saturated carbocycles. The van der Waals surface area contributed by atoms with Crippen LogP contribution in [0.3, 0.4) is 0 Å². The van der Waals surface area contributed by atoms with Crippen molar-refractivity contribution in [3.05, 3.63) is 96.3 Å². The van der Waals surface area contributed by atoms with E-state index in [4.69, 9.17) is 0 Å². The average molecular weight is 447 g/mol. The fraction of sp³-hybridized carbons (Fsp3) is 0.259. The van der Waals surface area contributed by atoms with Gasteiger partial charge in [-0.15, -0.1) is 0 Å². The molecule has 1 saturated heterocycles. The van der Waals surface area contributed by atoms with Crippen LogP contribution in [-0.2, 0) is 16.1 Å². The molecule has 0 aliphatic carbocycles. The van der Waals surface area contributed by atoms with Crippen LogP contribution >= 0.6 is 0 Å². The number of anilines is 2. The van der Waals surface area contributed by atoms with Gasteiger partial charge in [-0.05, 0) is 55.8 Å². The van der Waals surface area contributed by atoms with Crippen LogP contribution in [0.1, 0.15) is 24.8 Å². The van der Waals surface area contributed by atoms with E-state index in [2.05, 4.69) is 17.0 Å². The molecule has 33 heavy (non-hydrogen) atoms. The third-order valence-electron chi connectivity index (χ3n) is 6.36. The summed E-state index contributed by atoms with van der Waals surface area (Å²) in [6.07, 6.45) is 0.534. The summed E-state index contributed by atoms with van der Waals surface area (Å²) in [4.78, 5) is 29.4. The normalized spacial score (nSPS) is 15.7. The fourth-order valence-electron chi connectivity index (χ4n) is 4.44. The van der Waals surface area contributed by atoms with Gasteiger partial charge in [0, 0.05) is 18.7 Å². The molecule has 3 aromatic carbocycles. The highest BCUT2D eigenvalue weighted by atomic mass is 19.1. The quantitative estimate of drug-likeness (QED) is 0.539. The molecule has 1 N–H and O–H groups in total. The van der Waals surface area contributed by atoms with E-state index in [1.165, 1.54) is 22.6 Å². The molecule has 0 atom stereocenters. The summed E-state index contributed by atoms with van der Waals surface area (Å²) in [6.45, 7) is 1.91. The third-order valence-corrected chi connectivity index (χ3v) is 6.36. The monoisotopic (exact) mass is 446 g/mol. The van der Waals surface area contributed by atoms with Gasteiger partial charge in [-0.3, -0.25) is 19.4 Å². The van der Waals surface area contributed by atoms with Gasteiger partial charge < -0.3 is 5.11 Å². The van der Waals surface area contributed by atoms with Crippen LogP contribution in [0.5, 0.6) is 0 Å². The van der Waals surface area contributed by atoms with Crippen LogP contribution in [0, 0.1) is 11.2 Å². The summed E-state index contributed by atoms with van der Waals surface area (Å²) < 4.78 is 14.7. The van der Waals surface area contributed by atoms with Crippen molar-refractivity contribution in [3.63, 3.8) is 0 Å². The molecule has 1 aliphatic rings. The van der Waals surface area contributed by atoms with Crippen molar-refractivity contribution in [2.24, 2.45) is 5.41 Å². The van der Waals surface area contributed by atoms with Gasteiger partial charge in [-0.1, -0.05) is 60.7 Å². The number of carbonyl (C=O) groups is 2. The maximum atomic E-state index is 14.7. The molecule has 1 heterocycles. The standard InChI is InChI=1S/C27H27FN2O3/c28-23-13-7-8-14-24(23)30(22-11-5-2-6-12-22)25(31)19-27(26(32)33)15-17-29(18-16-27)20-21-9-3-1-4-10-21/h1-14H,15-20H2,(H,32,33). The van der Waals surface area contributed by atoms with Gasteiger partial charge in [-0.25, -0.2) is 4.39 Å². The molecule has 1 amide bonds. The van der Waals surface area contributed by atoms with E-state index in [1.54, 1.807) is 36.4 Å². The molecule has 6 heteroatoms. The number of hydrogen-bond donors (Lipinski definition) is 1. The largest absolute Gasteiger partial charge is 0.481 e. The van der Waals surface area contributed by atoms with Crippen LogP contribution in [0.25, 0.3) is 0 Å². The van der Waals surface area contributed by atoms with Gasteiger partial charge in [0.25, 0.3) is 0 Å². The van der Waals surface area contributed by atoms with Crippen LogP contribution in [0.15, 0.2) is 84.9 Å². The lowest BCUT2D eigenvalue weighted by atomic mass is 9.75. The number of aliphatic carboxylic acids is 1. The van der Waals surface area contributed by atoms with Crippen molar-refractivity contribution in [2.45, 2.75) is 25.8 Å². The maximum Gasteiger partial charge on any atom is 0.310 e. The molecule has 0 radical (unpaired) electrons. The van der Waals surface area contributed by atoms with E-state index >= 15 is 0 Å². The second-order valence-electron chi connectivity index (χ2n) is 8.54. The first kappa shape index (κ1) is 22.7. The summed E-state index contributed by atoms with van der Waals surface area (Å²) in [5.41, 5.74) is 0.624. The second kappa shape index (κ2) is 9.96. The Morgan fingerprint density at radius 1 is 0.879 bits per heavy atom. The third kappa shape index (κ3) is 5.12. The van der Waals surface area contributed by atoms with E-state index in [0.717, 1.165) is 6.54 Å². The highest BCUT2D eigenvalue weighted by Crippen LogP contribution is 2.39. The molecule has 5 nitrogen and oxygen atoms in total. The molecule has 1 aliphatic heterocycles. The maximum absolute atomic E-state index is 14.7. The number of hydrogen-bond acceptors (Lipinski definition) is 3. The van der Waals surface area contributed by atoms with Gasteiger partial charge in [-0.2, -0.15) is 0 Å². The highest BCUT2D eigenvalue weighted by molar-refractivity contribution is 6.02. The number of piperidine rings is 1. The Bertz CT molecular complexity index is 1100. The van der Waals surface area contributed by atoms with Crippen LogP contribution in [0.4, 0.5) is 15.8 Å². The number of amides is 1. The first-order valence-electron chi connectivity index (χ1n) is 11.1.